The van der Waals surface area contributed by atoms with Crippen LogP contribution in [-0.4, -0.2) is 18.0 Å². The van der Waals surface area contributed by atoms with Crippen molar-refractivity contribution in [1.82, 2.24) is 4.90 Å². The fourth-order valence-corrected chi connectivity index (χ4v) is 4.68. The Morgan fingerprint density at radius 3 is 2.24 bits per heavy atom. The third-order valence-electron chi connectivity index (χ3n) is 6.12. The molecule has 2 heteroatoms. The Bertz CT molecular complexity index is 933. The summed E-state index contributed by atoms with van der Waals surface area (Å²) in [5.74, 6) is 2.46. The summed E-state index contributed by atoms with van der Waals surface area (Å²) in [6.45, 7) is 8.56. The average Bonchev–Trinajstić information content (AvgIpc) is 2.77. The molecule has 1 heterocycles. The van der Waals surface area contributed by atoms with E-state index in [0.717, 1.165) is 37.6 Å². The molecule has 2 aliphatic rings. The standard InChI is InChI=1S/C27H31NO/c1-4-28(5-2)27-20(3)25(22-15-10-7-11-16-22)24-18-12-17-23(26(24)29-27)19-21-13-8-6-9-14-21/h6-11,13-16,19,25H,4-5,12,17-18H2,1-3H3/b23-19-. The highest BCUT2D eigenvalue weighted by Gasteiger charge is 2.35. The van der Waals surface area contributed by atoms with Gasteiger partial charge in [0.2, 0.25) is 0 Å². The second kappa shape index (κ2) is 8.73. The molecule has 29 heavy (non-hydrogen) atoms. The van der Waals surface area contributed by atoms with Gasteiger partial charge in [-0.15, -0.1) is 0 Å². The number of ether oxygens (including phenoxy) is 1. The van der Waals surface area contributed by atoms with Crippen molar-refractivity contribution in [3.8, 4) is 0 Å². The van der Waals surface area contributed by atoms with Gasteiger partial charge in [0.1, 0.15) is 5.76 Å². The fraction of sp³-hybridized carbons (Fsp3) is 0.333. The molecule has 4 rings (SSSR count). The maximum Gasteiger partial charge on any atom is 0.195 e. The van der Waals surface area contributed by atoms with Gasteiger partial charge in [0.05, 0.1) is 0 Å². The lowest BCUT2D eigenvalue weighted by molar-refractivity contribution is 0.156. The van der Waals surface area contributed by atoms with E-state index in [1.54, 1.807) is 0 Å². The van der Waals surface area contributed by atoms with Crippen LogP contribution in [0.2, 0.25) is 0 Å². The van der Waals surface area contributed by atoms with Gasteiger partial charge in [0, 0.05) is 19.0 Å². The van der Waals surface area contributed by atoms with Crippen LogP contribution in [0.5, 0.6) is 0 Å². The third-order valence-corrected chi connectivity index (χ3v) is 6.12. The quantitative estimate of drug-likeness (QED) is 0.555. The second-order valence-electron chi connectivity index (χ2n) is 7.89. The molecule has 0 radical (unpaired) electrons. The van der Waals surface area contributed by atoms with Gasteiger partial charge in [0.15, 0.2) is 5.88 Å². The number of rotatable bonds is 5. The first-order valence-corrected chi connectivity index (χ1v) is 10.9. The van der Waals surface area contributed by atoms with E-state index in [2.05, 4.69) is 92.4 Å². The van der Waals surface area contributed by atoms with Gasteiger partial charge in [-0.3, -0.25) is 0 Å². The number of hydrogen-bond donors (Lipinski definition) is 0. The van der Waals surface area contributed by atoms with Gasteiger partial charge in [-0.1, -0.05) is 60.7 Å². The van der Waals surface area contributed by atoms with Crippen LogP contribution in [0, 0.1) is 0 Å². The molecule has 150 valence electrons. The lowest BCUT2D eigenvalue weighted by Gasteiger charge is -2.38. The summed E-state index contributed by atoms with van der Waals surface area (Å²) in [6, 6.07) is 21.5. The lowest BCUT2D eigenvalue weighted by atomic mass is 9.77. The van der Waals surface area contributed by atoms with Gasteiger partial charge in [-0.05, 0) is 74.0 Å². The van der Waals surface area contributed by atoms with Crippen molar-refractivity contribution in [2.24, 2.45) is 0 Å². The summed E-state index contributed by atoms with van der Waals surface area (Å²) >= 11 is 0. The van der Waals surface area contributed by atoms with Gasteiger partial charge in [-0.25, -0.2) is 0 Å². The first kappa shape index (κ1) is 19.6. The summed E-state index contributed by atoms with van der Waals surface area (Å²) in [7, 11) is 0. The van der Waals surface area contributed by atoms with Crippen LogP contribution in [0.15, 0.2) is 89.0 Å². The predicted octanol–water partition coefficient (Wildman–Crippen LogP) is 6.90. The summed E-state index contributed by atoms with van der Waals surface area (Å²) in [5, 5.41) is 0. The maximum atomic E-state index is 6.70. The molecule has 0 spiro atoms. The molecular formula is C27H31NO. The van der Waals surface area contributed by atoms with Gasteiger partial charge in [0.25, 0.3) is 0 Å². The van der Waals surface area contributed by atoms with Crippen LogP contribution < -0.4 is 0 Å². The molecule has 0 fully saturated rings. The molecule has 1 atom stereocenters. The van der Waals surface area contributed by atoms with Gasteiger partial charge >= 0.3 is 0 Å². The smallest absolute Gasteiger partial charge is 0.195 e. The molecule has 2 nitrogen and oxygen atoms in total. The Kier molecular flexibility index (Phi) is 5.89. The minimum atomic E-state index is 0.301. The Balaban J connectivity index is 1.84. The summed E-state index contributed by atoms with van der Waals surface area (Å²) < 4.78 is 6.70. The number of hydrogen-bond acceptors (Lipinski definition) is 2. The Labute approximate surface area is 175 Å². The Morgan fingerprint density at radius 2 is 1.59 bits per heavy atom. The van der Waals surface area contributed by atoms with Crippen LogP contribution in [-0.2, 0) is 4.74 Å². The van der Waals surface area contributed by atoms with Gasteiger partial charge < -0.3 is 9.64 Å². The molecule has 0 amide bonds. The van der Waals surface area contributed by atoms with E-state index in [0.29, 0.717) is 5.92 Å². The zero-order chi connectivity index (χ0) is 20.2. The average molecular weight is 386 g/mol. The van der Waals surface area contributed by atoms with Crippen molar-refractivity contribution in [2.75, 3.05) is 13.1 Å². The van der Waals surface area contributed by atoms with Crippen molar-refractivity contribution < 1.29 is 4.74 Å². The highest BCUT2D eigenvalue weighted by atomic mass is 16.5. The van der Waals surface area contributed by atoms with E-state index >= 15 is 0 Å². The molecule has 0 aromatic heterocycles. The van der Waals surface area contributed by atoms with Gasteiger partial charge in [-0.2, -0.15) is 0 Å². The van der Waals surface area contributed by atoms with Crippen molar-refractivity contribution in [3.05, 3.63) is 100 Å². The Morgan fingerprint density at radius 1 is 0.931 bits per heavy atom. The first-order valence-electron chi connectivity index (χ1n) is 10.9. The van der Waals surface area contributed by atoms with E-state index in [1.807, 2.05) is 0 Å². The largest absolute Gasteiger partial charge is 0.441 e. The lowest BCUT2D eigenvalue weighted by Crippen LogP contribution is -2.30. The Hall–Kier alpha value is -2.74. The summed E-state index contributed by atoms with van der Waals surface area (Å²) in [4.78, 5) is 2.35. The zero-order valence-electron chi connectivity index (χ0n) is 17.8. The van der Waals surface area contributed by atoms with Crippen LogP contribution in [0.25, 0.3) is 6.08 Å². The molecular weight excluding hydrogens is 354 g/mol. The van der Waals surface area contributed by atoms with E-state index in [9.17, 15) is 0 Å². The summed E-state index contributed by atoms with van der Waals surface area (Å²) in [6.07, 6.45) is 5.67. The topological polar surface area (TPSA) is 12.5 Å². The van der Waals surface area contributed by atoms with Crippen LogP contribution in [0.1, 0.15) is 57.1 Å². The SMILES string of the molecule is CCN(CC)C1=C(C)C(c2ccccc2)C2=C(O1)/C(=C\c1ccccc1)CCC2. The predicted molar refractivity (Wildman–Crippen MR) is 121 cm³/mol. The monoisotopic (exact) mass is 385 g/mol. The zero-order valence-corrected chi connectivity index (χ0v) is 17.8. The van der Waals surface area contributed by atoms with Crippen LogP contribution >= 0.6 is 0 Å². The second-order valence-corrected chi connectivity index (χ2v) is 7.89. The maximum absolute atomic E-state index is 6.70. The molecule has 1 aliphatic carbocycles. The van der Waals surface area contributed by atoms with Crippen molar-refractivity contribution in [2.45, 2.75) is 46.0 Å². The molecule has 2 aromatic carbocycles. The molecule has 1 aliphatic heterocycles. The third kappa shape index (κ3) is 3.89. The fourth-order valence-electron chi connectivity index (χ4n) is 4.68. The first-order chi connectivity index (χ1) is 14.2. The van der Waals surface area contributed by atoms with Crippen LogP contribution in [0.4, 0.5) is 0 Å². The number of benzene rings is 2. The van der Waals surface area contributed by atoms with E-state index in [-0.39, 0.29) is 0 Å². The number of nitrogens with zero attached hydrogens (tertiary/aromatic N) is 1. The number of allylic oxidation sites excluding steroid dienone is 3. The van der Waals surface area contributed by atoms with E-state index in [4.69, 9.17) is 4.74 Å². The minimum absolute atomic E-state index is 0.301. The van der Waals surface area contributed by atoms with E-state index in [1.165, 1.54) is 34.3 Å². The highest BCUT2D eigenvalue weighted by Crippen LogP contribution is 2.48. The molecule has 2 aromatic rings. The van der Waals surface area contributed by atoms with E-state index < -0.39 is 0 Å². The van der Waals surface area contributed by atoms with Crippen molar-refractivity contribution in [3.63, 3.8) is 0 Å². The molecule has 0 saturated carbocycles. The van der Waals surface area contributed by atoms with Crippen LogP contribution in [0.3, 0.4) is 0 Å². The van der Waals surface area contributed by atoms with Crippen molar-refractivity contribution in [1.29, 1.82) is 0 Å². The highest BCUT2D eigenvalue weighted by molar-refractivity contribution is 5.61. The minimum Gasteiger partial charge on any atom is -0.441 e. The summed E-state index contributed by atoms with van der Waals surface area (Å²) in [5.41, 5.74) is 6.71. The molecule has 0 saturated heterocycles. The van der Waals surface area contributed by atoms with Crippen molar-refractivity contribution >= 4 is 6.08 Å². The molecule has 0 bridgehead atoms. The normalized spacial score (nSPS) is 20.5. The molecule has 0 N–H and O–H groups in total. The molecule has 1 unspecified atom stereocenters.